The van der Waals surface area contributed by atoms with Crippen molar-refractivity contribution in [2.75, 3.05) is 6.67 Å². The molecule has 1 N–H and O–H groups in total. The summed E-state index contributed by atoms with van der Waals surface area (Å²) in [5, 5.41) is 7.22. The lowest BCUT2D eigenvalue weighted by atomic mass is 10.1. The molecule has 1 saturated carbocycles. The van der Waals surface area contributed by atoms with E-state index in [1.807, 2.05) is 13.0 Å². The standard InChI is InChI=1S/C18H23FN4O/c1-5-7-20-14(6-2)23-16-12-8-11(12)9-13(16)15(22-23)17(24)21-18(3,4)10-19/h5-7,11-12H,2,8-10H2,1,3-4H3,(H,21,24)/b7-5-,20-14?/t11-,12-/m0/s1. The second kappa shape index (κ2) is 6.00. The lowest BCUT2D eigenvalue weighted by Crippen LogP contribution is -2.45. The van der Waals surface area contributed by atoms with Crippen LogP contribution in [0.25, 0.3) is 0 Å². The Morgan fingerprint density at radius 3 is 2.96 bits per heavy atom. The first-order valence-electron chi connectivity index (χ1n) is 8.24. The van der Waals surface area contributed by atoms with Crippen LogP contribution in [-0.2, 0) is 6.42 Å². The molecule has 128 valence electrons. The highest BCUT2D eigenvalue weighted by Gasteiger charge is 2.50. The molecule has 24 heavy (non-hydrogen) atoms. The van der Waals surface area contributed by atoms with Gasteiger partial charge in [0.15, 0.2) is 11.5 Å². The number of halogens is 1. The number of alkyl halides is 1. The minimum Gasteiger partial charge on any atom is -0.343 e. The highest BCUT2D eigenvalue weighted by atomic mass is 19.1. The Labute approximate surface area is 141 Å². The van der Waals surface area contributed by atoms with Crippen LogP contribution in [0.4, 0.5) is 4.39 Å². The van der Waals surface area contributed by atoms with Crippen LogP contribution in [0, 0.1) is 5.92 Å². The SMILES string of the molecule is C=CC(=N/C=C\C)n1nc(C(=O)NC(C)(C)CF)c2c1[C@H]1C[C@H]1C2. The minimum atomic E-state index is -0.907. The number of nitrogens with one attached hydrogen (secondary N) is 1. The van der Waals surface area contributed by atoms with Crippen LogP contribution in [0.5, 0.6) is 0 Å². The fraction of sp³-hybridized carbons (Fsp3) is 0.500. The average molecular weight is 330 g/mol. The van der Waals surface area contributed by atoms with Gasteiger partial charge in [0, 0.05) is 17.7 Å². The molecular weight excluding hydrogens is 307 g/mol. The largest absolute Gasteiger partial charge is 0.343 e. The second-order valence-electron chi connectivity index (χ2n) is 7.08. The van der Waals surface area contributed by atoms with Crippen LogP contribution < -0.4 is 5.32 Å². The number of carbonyl (C=O) groups excluding carboxylic acids is 1. The number of nitrogens with zero attached hydrogens (tertiary/aromatic N) is 3. The van der Waals surface area contributed by atoms with E-state index in [0.29, 0.717) is 23.4 Å². The highest BCUT2D eigenvalue weighted by Crippen LogP contribution is 2.56. The van der Waals surface area contributed by atoms with Crippen molar-refractivity contribution in [1.29, 1.82) is 0 Å². The fourth-order valence-electron chi connectivity index (χ4n) is 3.22. The van der Waals surface area contributed by atoms with Gasteiger partial charge in [0.1, 0.15) is 6.67 Å². The van der Waals surface area contributed by atoms with Crippen LogP contribution >= 0.6 is 0 Å². The third-order valence-corrected chi connectivity index (χ3v) is 4.52. The van der Waals surface area contributed by atoms with Gasteiger partial charge in [-0.25, -0.2) is 14.1 Å². The Bertz CT molecular complexity index is 744. The molecular formula is C18H23FN4O. The molecule has 1 aromatic rings. The maximum Gasteiger partial charge on any atom is 0.272 e. The van der Waals surface area contributed by atoms with Crippen LogP contribution in [0.1, 0.15) is 54.9 Å². The topological polar surface area (TPSA) is 59.3 Å². The molecule has 6 heteroatoms. The molecule has 0 aliphatic heterocycles. The van der Waals surface area contributed by atoms with Crippen LogP contribution in [0.3, 0.4) is 0 Å². The van der Waals surface area contributed by atoms with Crippen molar-refractivity contribution in [3.63, 3.8) is 0 Å². The van der Waals surface area contributed by atoms with Crippen molar-refractivity contribution < 1.29 is 9.18 Å². The molecule has 1 heterocycles. The van der Waals surface area contributed by atoms with Gasteiger partial charge in [-0.15, -0.1) is 0 Å². The third kappa shape index (κ3) is 2.81. The normalized spacial score (nSPS) is 22.4. The van der Waals surface area contributed by atoms with E-state index in [1.165, 1.54) is 0 Å². The second-order valence-corrected chi connectivity index (χ2v) is 7.08. The van der Waals surface area contributed by atoms with Crippen molar-refractivity contribution >= 4 is 11.7 Å². The van der Waals surface area contributed by atoms with Gasteiger partial charge in [0.2, 0.25) is 0 Å². The molecule has 1 aromatic heterocycles. The Hall–Kier alpha value is -2.24. The van der Waals surface area contributed by atoms with Gasteiger partial charge in [0.05, 0.1) is 11.2 Å². The number of amides is 1. The summed E-state index contributed by atoms with van der Waals surface area (Å²) in [5.41, 5.74) is 1.51. The summed E-state index contributed by atoms with van der Waals surface area (Å²) in [5.74, 6) is 1.31. The molecule has 2 aliphatic carbocycles. The maximum absolute atomic E-state index is 13.0. The van der Waals surface area contributed by atoms with E-state index in [0.717, 1.165) is 24.1 Å². The van der Waals surface area contributed by atoms with E-state index in [2.05, 4.69) is 22.0 Å². The van der Waals surface area contributed by atoms with Gasteiger partial charge in [-0.3, -0.25) is 4.79 Å². The lowest BCUT2D eigenvalue weighted by Gasteiger charge is -2.21. The molecule has 1 amide bonds. The van der Waals surface area contributed by atoms with Gasteiger partial charge in [0.25, 0.3) is 5.91 Å². The first-order chi connectivity index (χ1) is 11.4. The van der Waals surface area contributed by atoms with Crippen molar-refractivity contribution in [3.8, 4) is 0 Å². The van der Waals surface area contributed by atoms with Crippen LogP contribution in [0.2, 0.25) is 0 Å². The van der Waals surface area contributed by atoms with Gasteiger partial charge in [-0.1, -0.05) is 12.7 Å². The van der Waals surface area contributed by atoms with Gasteiger partial charge < -0.3 is 5.32 Å². The first-order valence-corrected chi connectivity index (χ1v) is 8.24. The van der Waals surface area contributed by atoms with E-state index in [1.54, 1.807) is 30.8 Å². The predicted octanol–water partition coefficient (Wildman–Crippen LogP) is 2.99. The van der Waals surface area contributed by atoms with E-state index in [-0.39, 0.29) is 5.91 Å². The summed E-state index contributed by atoms with van der Waals surface area (Å²) in [6, 6.07) is 0. The van der Waals surface area contributed by atoms with Gasteiger partial charge in [-0.05, 0) is 45.6 Å². The summed E-state index contributed by atoms with van der Waals surface area (Å²) >= 11 is 0. The monoisotopic (exact) mass is 330 g/mol. The lowest BCUT2D eigenvalue weighted by molar-refractivity contribution is 0.0893. The Kier molecular flexibility index (Phi) is 4.15. The predicted molar refractivity (Wildman–Crippen MR) is 92.1 cm³/mol. The molecule has 5 nitrogen and oxygen atoms in total. The van der Waals surface area contributed by atoms with Gasteiger partial charge >= 0.3 is 0 Å². The maximum atomic E-state index is 13.0. The van der Waals surface area contributed by atoms with E-state index in [4.69, 9.17) is 0 Å². The summed E-state index contributed by atoms with van der Waals surface area (Å²) in [7, 11) is 0. The zero-order valence-corrected chi connectivity index (χ0v) is 14.3. The molecule has 3 rings (SSSR count). The summed E-state index contributed by atoms with van der Waals surface area (Å²) in [4.78, 5) is 17.0. The van der Waals surface area contributed by atoms with Gasteiger partial charge in [-0.2, -0.15) is 5.10 Å². The number of aromatic nitrogens is 2. The quantitative estimate of drug-likeness (QED) is 0.666. The number of hydrogen-bond donors (Lipinski definition) is 1. The number of aliphatic imine (C=N–C) groups is 1. The molecule has 0 saturated heterocycles. The zero-order valence-electron chi connectivity index (χ0n) is 14.3. The highest BCUT2D eigenvalue weighted by molar-refractivity contribution is 5.99. The zero-order chi connectivity index (χ0) is 17.5. The third-order valence-electron chi connectivity index (χ3n) is 4.52. The summed E-state index contributed by atoms with van der Waals surface area (Å²) < 4.78 is 14.8. The van der Waals surface area contributed by atoms with Crippen LogP contribution in [0.15, 0.2) is 29.9 Å². The average Bonchev–Trinajstić information content (AvgIpc) is 3.05. The molecule has 0 unspecified atom stereocenters. The van der Waals surface area contributed by atoms with Crippen molar-refractivity contribution in [1.82, 2.24) is 15.1 Å². The van der Waals surface area contributed by atoms with E-state index < -0.39 is 12.2 Å². The summed E-state index contributed by atoms with van der Waals surface area (Å²) in [6.45, 7) is 8.37. The molecule has 0 spiro atoms. The smallest absolute Gasteiger partial charge is 0.272 e. The molecule has 0 aromatic carbocycles. The molecule has 0 radical (unpaired) electrons. The molecule has 1 fully saturated rings. The summed E-state index contributed by atoms with van der Waals surface area (Å²) in [6.07, 6.45) is 7.12. The van der Waals surface area contributed by atoms with Crippen molar-refractivity contribution in [2.45, 2.75) is 45.1 Å². The Balaban J connectivity index is 2.01. The Morgan fingerprint density at radius 1 is 1.58 bits per heavy atom. The fourth-order valence-corrected chi connectivity index (χ4v) is 3.22. The van der Waals surface area contributed by atoms with Crippen molar-refractivity contribution in [3.05, 3.63) is 41.9 Å². The minimum absolute atomic E-state index is 0.330. The van der Waals surface area contributed by atoms with Crippen LogP contribution in [-0.4, -0.2) is 33.7 Å². The van der Waals surface area contributed by atoms with E-state index in [9.17, 15) is 9.18 Å². The number of fused-ring (bicyclic) bond motifs is 3. The number of hydrogen-bond acceptors (Lipinski definition) is 3. The van der Waals surface area contributed by atoms with E-state index >= 15 is 0 Å². The molecule has 2 aliphatic rings. The first kappa shape index (κ1) is 16.6. The number of rotatable bonds is 5. The molecule has 0 bridgehead atoms. The number of allylic oxidation sites excluding steroid dienone is 2. The molecule has 2 atom stereocenters. The van der Waals surface area contributed by atoms with Crippen molar-refractivity contribution in [2.24, 2.45) is 10.9 Å². The number of carbonyl (C=O) groups is 1. The Morgan fingerprint density at radius 2 is 2.33 bits per heavy atom.